The first-order valence-electron chi connectivity index (χ1n) is 8.89. The monoisotopic (exact) mass is 367 g/mol. The molecule has 1 aliphatic heterocycles. The first kappa shape index (κ1) is 17.2. The van der Waals surface area contributed by atoms with Gasteiger partial charge in [0.2, 0.25) is 0 Å². The molecule has 1 saturated heterocycles. The number of benzene rings is 1. The Kier molecular flexibility index (Phi) is 5.29. The molecular formula is C20H22ClN5. The fourth-order valence-corrected chi connectivity index (χ4v) is 3.47. The minimum absolute atomic E-state index is 0.794. The van der Waals surface area contributed by atoms with E-state index in [0.29, 0.717) is 0 Å². The molecule has 0 atom stereocenters. The van der Waals surface area contributed by atoms with Crippen molar-refractivity contribution >= 4 is 11.6 Å². The molecule has 0 bridgehead atoms. The SMILES string of the molecule is Clc1ccc(CN2CCN(Cn3nccc3-c3ccncc3)CC2)cc1. The van der Waals surface area contributed by atoms with Crippen molar-refractivity contribution in [1.29, 1.82) is 0 Å². The van der Waals surface area contributed by atoms with Crippen LogP contribution in [-0.2, 0) is 13.2 Å². The average Bonchev–Trinajstić information content (AvgIpc) is 3.14. The van der Waals surface area contributed by atoms with Crippen LogP contribution in [0.2, 0.25) is 5.02 Å². The fraction of sp³-hybridized carbons (Fsp3) is 0.300. The molecule has 0 N–H and O–H groups in total. The van der Waals surface area contributed by atoms with Gasteiger partial charge in [0.15, 0.2) is 0 Å². The standard InChI is InChI=1S/C20H22ClN5/c21-19-3-1-17(2-4-19)15-24-11-13-25(14-12-24)16-26-20(7-10-23-26)18-5-8-22-9-6-18/h1-10H,11-16H2. The zero-order valence-electron chi connectivity index (χ0n) is 14.6. The topological polar surface area (TPSA) is 37.2 Å². The quantitative estimate of drug-likeness (QED) is 0.692. The van der Waals surface area contributed by atoms with Crippen molar-refractivity contribution in [3.63, 3.8) is 0 Å². The summed E-state index contributed by atoms with van der Waals surface area (Å²) in [6, 6.07) is 14.3. The summed E-state index contributed by atoms with van der Waals surface area (Å²) in [6.45, 7) is 6.02. The lowest BCUT2D eigenvalue weighted by Gasteiger charge is -2.34. The number of aromatic nitrogens is 3. The van der Waals surface area contributed by atoms with E-state index in [1.54, 1.807) is 0 Å². The van der Waals surface area contributed by atoms with Crippen LogP contribution in [0.1, 0.15) is 5.56 Å². The van der Waals surface area contributed by atoms with E-state index in [4.69, 9.17) is 11.6 Å². The molecule has 134 valence electrons. The van der Waals surface area contributed by atoms with E-state index >= 15 is 0 Å². The Hall–Kier alpha value is -2.21. The summed E-state index contributed by atoms with van der Waals surface area (Å²) in [4.78, 5) is 9.04. The van der Waals surface area contributed by atoms with E-state index in [0.717, 1.165) is 55.7 Å². The Morgan fingerprint density at radius 2 is 1.50 bits per heavy atom. The highest BCUT2D eigenvalue weighted by molar-refractivity contribution is 6.30. The summed E-state index contributed by atoms with van der Waals surface area (Å²) in [6.07, 6.45) is 5.51. The molecule has 0 radical (unpaired) electrons. The highest BCUT2D eigenvalue weighted by atomic mass is 35.5. The Labute approximate surface area is 158 Å². The van der Waals surface area contributed by atoms with Gasteiger partial charge in [-0.3, -0.25) is 19.5 Å². The van der Waals surface area contributed by atoms with Crippen molar-refractivity contribution in [2.75, 3.05) is 26.2 Å². The molecule has 0 spiro atoms. The van der Waals surface area contributed by atoms with Crippen LogP contribution in [-0.4, -0.2) is 50.7 Å². The van der Waals surface area contributed by atoms with Gasteiger partial charge in [0.1, 0.15) is 0 Å². The minimum atomic E-state index is 0.794. The van der Waals surface area contributed by atoms with Crippen LogP contribution in [0.25, 0.3) is 11.3 Å². The van der Waals surface area contributed by atoms with E-state index in [2.05, 4.69) is 42.8 Å². The first-order chi connectivity index (χ1) is 12.8. The molecule has 6 heteroatoms. The summed E-state index contributed by atoms with van der Waals surface area (Å²) >= 11 is 5.97. The minimum Gasteiger partial charge on any atom is -0.297 e. The third kappa shape index (κ3) is 4.12. The van der Waals surface area contributed by atoms with E-state index in [1.165, 1.54) is 5.56 Å². The molecule has 3 aromatic rings. The maximum absolute atomic E-state index is 5.97. The number of hydrogen-bond acceptors (Lipinski definition) is 4. The number of piperazine rings is 1. The normalized spacial score (nSPS) is 16.0. The molecule has 26 heavy (non-hydrogen) atoms. The fourth-order valence-electron chi connectivity index (χ4n) is 3.34. The summed E-state index contributed by atoms with van der Waals surface area (Å²) in [5.74, 6) is 0. The highest BCUT2D eigenvalue weighted by Gasteiger charge is 2.18. The Morgan fingerprint density at radius 1 is 0.808 bits per heavy atom. The van der Waals surface area contributed by atoms with E-state index in [9.17, 15) is 0 Å². The molecule has 5 nitrogen and oxygen atoms in total. The molecule has 1 aromatic carbocycles. The van der Waals surface area contributed by atoms with Gasteiger partial charge < -0.3 is 0 Å². The third-order valence-corrected chi connectivity index (χ3v) is 5.06. The maximum atomic E-state index is 5.97. The zero-order chi connectivity index (χ0) is 17.8. The van der Waals surface area contributed by atoms with Crippen LogP contribution in [0, 0.1) is 0 Å². The van der Waals surface area contributed by atoms with Gasteiger partial charge in [-0.2, -0.15) is 5.10 Å². The van der Waals surface area contributed by atoms with Crippen LogP contribution in [0.5, 0.6) is 0 Å². The lowest BCUT2D eigenvalue weighted by atomic mass is 10.2. The summed E-state index contributed by atoms with van der Waals surface area (Å²) < 4.78 is 2.07. The largest absolute Gasteiger partial charge is 0.297 e. The molecule has 0 saturated carbocycles. The molecule has 1 fully saturated rings. The van der Waals surface area contributed by atoms with Crippen molar-refractivity contribution in [1.82, 2.24) is 24.6 Å². The number of nitrogens with zero attached hydrogens (tertiary/aromatic N) is 5. The summed E-state index contributed by atoms with van der Waals surface area (Å²) in [5, 5.41) is 5.30. The van der Waals surface area contributed by atoms with Crippen molar-refractivity contribution in [3.8, 4) is 11.3 Å². The van der Waals surface area contributed by atoms with Gasteiger partial charge in [0, 0.05) is 61.9 Å². The van der Waals surface area contributed by atoms with Crippen molar-refractivity contribution in [3.05, 3.63) is 71.6 Å². The predicted molar refractivity (Wildman–Crippen MR) is 104 cm³/mol. The molecule has 1 aliphatic rings. The molecule has 4 rings (SSSR count). The van der Waals surface area contributed by atoms with E-state index in [-0.39, 0.29) is 0 Å². The molecule has 3 heterocycles. The van der Waals surface area contributed by atoms with Crippen LogP contribution in [0.4, 0.5) is 0 Å². The smallest absolute Gasteiger partial charge is 0.0936 e. The highest BCUT2D eigenvalue weighted by Crippen LogP contribution is 2.19. The number of pyridine rings is 1. The van der Waals surface area contributed by atoms with Crippen LogP contribution in [0.15, 0.2) is 61.1 Å². The van der Waals surface area contributed by atoms with Crippen LogP contribution >= 0.6 is 11.6 Å². The van der Waals surface area contributed by atoms with Crippen LogP contribution < -0.4 is 0 Å². The van der Waals surface area contributed by atoms with Gasteiger partial charge >= 0.3 is 0 Å². The summed E-state index contributed by atoms with van der Waals surface area (Å²) in [7, 11) is 0. The molecule has 2 aromatic heterocycles. The van der Waals surface area contributed by atoms with E-state index in [1.807, 2.05) is 42.9 Å². The van der Waals surface area contributed by atoms with E-state index < -0.39 is 0 Å². The van der Waals surface area contributed by atoms with Crippen LogP contribution in [0.3, 0.4) is 0 Å². The molecule has 0 aliphatic carbocycles. The zero-order valence-corrected chi connectivity index (χ0v) is 15.4. The number of hydrogen-bond donors (Lipinski definition) is 0. The van der Waals surface area contributed by atoms with Crippen molar-refractivity contribution in [2.24, 2.45) is 0 Å². The molecular weight excluding hydrogens is 346 g/mol. The van der Waals surface area contributed by atoms with Gasteiger partial charge in [-0.25, -0.2) is 0 Å². The van der Waals surface area contributed by atoms with Gasteiger partial charge in [0.25, 0.3) is 0 Å². The number of halogens is 1. The summed E-state index contributed by atoms with van der Waals surface area (Å²) in [5.41, 5.74) is 3.60. The Morgan fingerprint density at radius 3 is 2.23 bits per heavy atom. The lowest BCUT2D eigenvalue weighted by Crippen LogP contribution is -2.46. The average molecular weight is 368 g/mol. The van der Waals surface area contributed by atoms with Gasteiger partial charge in [-0.15, -0.1) is 0 Å². The third-order valence-electron chi connectivity index (χ3n) is 4.81. The Balaban J connectivity index is 1.33. The second-order valence-corrected chi connectivity index (χ2v) is 7.05. The second-order valence-electron chi connectivity index (χ2n) is 6.61. The molecule has 0 unspecified atom stereocenters. The van der Waals surface area contributed by atoms with Gasteiger partial charge in [-0.1, -0.05) is 23.7 Å². The number of rotatable bonds is 5. The predicted octanol–water partition coefficient (Wildman–Crippen LogP) is 3.37. The maximum Gasteiger partial charge on any atom is 0.0936 e. The van der Waals surface area contributed by atoms with Crippen molar-refractivity contribution < 1.29 is 0 Å². The first-order valence-corrected chi connectivity index (χ1v) is 9.27. The molecule has 0 amide bonds. The van der Waals surface area contributed by atoms with Crippen molar-refractivity contribution in [2.45, 2.75) is 13.2 Å². The second kappa shape index (κ2) is 7.99. The van der Waals surface area contributed by atoms with Gasteiger partial charge in [0.05, 0.1) is 12.4 Å². The van der Waals surface area contributed by atoms with Gasteiger partial charge in [-0.05, 0) is 35.9 Å². The lowest BCUT2D eigenvalue weighted by molar-refractivity contribution is 0.0994. The Bertz CT molecular complexity index is 823.